The highest BCUT2D eigenvalue weighted by Gasteiger charge is 2.30. The molecule has 0 saturated carbocycles. The molecule has 5 heteroatoms. The highest BCUT2D eigenvalue weighted by molar-refractivity contribution is 6.02. The minimum atomic E-state index is -0.350. The predicted molar refractivity (Wildman–Crippen MR) is 71.4 cm³/mol. The maximum Gasteiger partial charge on any atom is 0.355 e. The van der Waals surface area contributed by atoms with Crippen molar-refractivity contribution < 1.29 is 14.3 Å². The number of hydrogen-bond acceptors (Lipinski definition) is 3. The zero-order valence-corrected chi connectivity index (χ0v) is 11.9. The van der Waals surface area contributed by atoms with Gasteiger partial charge in [0.1, 0.15) is 5.69 Å². The molecule has 2 rings (SSSR count). The molecule has 0 aromatic carbocycles. The Kier molecular flexibility index (Phi) is 3.64. The van der Waals surface area contributed by atoms with Crippen LogP contribution in [0.2, 0.25) is 0 Å². The molecule has 0 radical (unpaired) electrons. The molecule has 0 bridgehead atoms. The van der Waals surface area contributed by atoms with Crippen molar-refractivity contribution in [1.29, 1.82) is 0 Å². The van der Waals surface area contributed by atoms with Crippen molar-refractivity contribution in [3.63, 3.8) is 0 Å². The molecule has 19 heavy (non-hydrogen) atoms. The van der Waals surface area contributed by atoms with E-state index in [9.17, 15) is 9.59 Å². The van der Waals surface area contributed by atoms with Gasteiger partial charge in [-0.25, -0.2) is 4.79 Å². The Labute approximate surface area is 112 Å². The standard InChI is InChI=1S/C14H20N2O3/c1-5-19-14(18)12-10-7-6-8(2)15-13(17)11(10)9(3)16(12)4/h8H,5-7H2,1-4H3,(H,15,17). The van der Waals surface area contributed by atoms with Crippen molar-refractivity contribution >= 4 is 11.9 Å². The topological polar surface area (TPSA) is 60.3 Å². The molecular formula is C14H20N2O3. The lowest BCUT2D eigenvalue weighted by atomic mass is 10.0. The zero-order chi connectivity index (χ0) is 14.2. The quantitative estimate of drug-likeness (QED) is 0.825. The molecule has 1 aromatic heterocycles. The van der Waals surface area contributed by atoms with Crippen molar-refractivity contribution in [2.45, 2.75) is 39.7 Å². The van der Waals surface area contributed by atoms with Gasteiger partial charge in [0.25, 0.3) is 5.91 Å². The molecule has 1 N–H and O–H groups in total. The number of fused-ring (bicyclic) bond motifs is 1. The fourth-order valence-corrected chi connectivity index (χ4v) is 2.61. The average molecular weight is 264 g/mol. The fraction of sp³-hybridized carbons (Fsp3) is 0.571. The number of ether oxygens (including phenoxy) is 1. The Hall–Kier alpha value is -1.78. The summed E-state index contributed by atoms with van der Waals surface area (Å²) in [6.07, 6.45) is 1.54. The third-order valence-electron chi connectivity index (χ3n) is 3.69. The Morgan fingerprint density at radius 2 is 2.21 bits per heavy atom. The summed E-state index contributed by atoms with van der Waals surface area (Å²) in [6.45, 7) is 5.95. The number of esters is 1. The summed E-state index contributed by atoms with van der Waals surface area (Å²) in [5.41, 5.74) is 2.78. The van der Waals surface area contributed by atoms with E-state index >= 15 is 0 Å². The van der Waals surface area contributed by atoms with Crippen LogP contribution in [0.25, 0.3) is 0 Å². The maximum absolute atomic E-state index is 12.2. The van der Waals surface area contributed by atoms with E-state index in [0.29, 0.717) is 24.3 Å². The van der Waals surface area contributed by atoms with E-state index < -0.39 is 0 Å². The number of nitrogens with zero attached hydrogens (tertiary/aromatic N) is 1. The van der Waals surface area contributed by atoms with E-state index in [1.165, 1.54) is 0 Å². The monoisotopic (exact) mass is 264 g/mol. The summed E-state index contributed by atoms with van der Waals surface area (Å²) in [6, 6.07) is 0.125. The summed E-state index contributed by atoms with van der Waals surface area (Å²) in [5, 5.41) is 2.95. The van der Waals surface area contributed by atoms with E-state index in [2.05, 4.69) is 5.32 Å². The second kappa shape index (κ2) is 5.07. The van der Waals surface area contributed by atoms with Crippen molar-refractivity contribution in [3.05, 3.63) is 22.5 Å². The first kappa shape index (κ1) is 13.6. The minimum Gasteiger partial charge on any atom is -0.461 e. The van der Waals surface area contributed by atoms with Crippen LogP contribution in [-0.4, -0.2) is 29.1 Å². The predicted octanol–water partition coefficient (Wildman–Crippen LogP) is 1.57. The molecule has 5 nitrogen and oxygen atoms in total. The summed E-state index contributed by atoms with van der Waals surface area (Å²) >= 11 is 0. The summed E-state index contributed by atoms with van der Waals surface area (Å²) < 4.78 is 6.86. The molecule has 104 valence electrons. The summed E-state index contributed by atoms with van der Waals surface area (Å²) in [4.78, 5) is 24.3. The van der Waals surface area contributed by atoms with Crippen molar-refractivity contribution in [2.75, 3.05) is 6.61 Å². The van der Waals surface area contributed by atoms with Crippen LogP contribution in [0.4, 0.5) is 0 Å². The lowest BCUT2D eigenvalue weighted by Gasteiger charge is -2.10. The van der Waals surface area contributed by atoms with E-state index in [1.807, 2.05) is 13.8 Å². The largest absolute Gasteiger partial charge is 0.461 e. The van der Waals surface area contributed by atoms with E-state index in [-0.39, 0.29) is 17.9 Å². The van der Waals surface area contributed by atoms with Gasteiger partial charge in [-0.05, 0) is 39.2 Å². The molecular weight excluding hydrogens is 244 g/mol. The SMILES string of the molecule is CCOC(=O)c1c2c(c(C)n1C)C(=O)NC(C)CC2. The third kappa shape index (κ3) is 2.25. The van der Waals surface area contributed by atoms with Gasteiger partial charge in [-0.3, -0.25) is 4.79 Å². The number of carbonyl (C=O) groups excluding carboxylic acids is 2. The third-order valence-corrected chi connectivity index (χ3v) is 3.69. The molecule has 1 aliphatic rings. The first-order valence-electron chi connectivity index (χ1n) is 6.63. The second-order valence-corrected chi connectivity index (χ2v) is 4.98. The Morgan fingerprint density at radius 3 is 2.84 bits per heavy atom. The van der Waals surface area contributed by atoms with E-state index in [4.69, 9.17) is 4.74 Å². The number of amides is 1. The highest BCUT2D eigenvalue weighted by Crippen LogP contribution is 2.26. The van der Waals surface area contributed by atoms with Gasteiger partial charge in [0.2, 0.25) is 0 Å². The normalized spacial score (nSPS) is 18.5. The molecule has 1 aliphatic heterocycles. The Morgan fingerprint density at radius 1 is 1.53 bits per heavy atom. The summed E-state index contributed by atoms with van der Waals surface area (Å²) in [5.74, 6) is -0.444. The first-order valence-corrected chi connectivity index (χ1v) is 6.63. The van der Waals surface area contributed by atoms with Gasteiger partial charge in [0.05, 0.1) is 12.2 Å². The first-order chi connectivity index (χ1) is 8.97. The van der Waals surface area contributed by atoms with Crippen LogP contribution in [0.3, 0.4) is 0 Å². The van der Waals surface area contributed by atoms with Crippen LogP contribution in [0.5, 0.6) is 0 Å². The van der Waals surface area contributed by atoms with Crippen molar-refractivity contribution in [2.24, 2.45) is 7.05 Å². The number of aromatic nitrogens is 1. The van der Waals surface area contributed by atoms with Crippen molar-refractivity contribution in [1.82, 2.24) is 9.88 Å². The molecule has 1 aromatic rings. The van der Waals surface area contributed by atoms with E-state index in [1.54, 1.807) is 18.5 Å². The molecule has 2 heterocycles. The van der Waals surface area contributed by atoms with Crippen LogP contribution in [0, 0.1) is 6.92 Å². The van der Waals surface area contributed by atoms with Gasteiger partial charge in [-0.1, -0.05) is 0 Å². The van der Waals surface area contributed by atoms with Crippen LogP contribution in [0.1, 0.15) is 52.4 Å². The fourth-order valence-electron chi connectivity index (χ4n) is 2.61. The van der Waals surface area contributed by atoms with Crippen LogP contribution in [0.15, 0.2) is 0 Å². The number of nitrogens with one attached hydrogen (secondary N) is 1. The second-order valence-electron chi connectivity index (χ2n) is 4.98. The Bertz CT molecular complexity index is 528. The Balaban J connectivity index is 2.56. The smallest absolute Gasteiger partial charge is 0.355 e. The molecule has 1 amide bonds. The molecule has 0 spiro atoms. The molecule has 1 unspecified atom stereocenters. The maximum atomic E-state index is 12.2. The van der Waals surface area contributed by atoms with Gasteiger partial charge in [-0.2, -0.15) is 0 Å². The van der Waals surface area contributed by atoms with Gasteiger partial charge < -0.3 is 14.6 Å². The highest BCUT2D eigenvalue weighted by atomic mass is 16.5. The van der Waals surface area contributed by atoms with Crippen LogP contribution < -0.4 is 5.32 Å². The summed E-state index contributed by atoms with van der Waals surface area (Å²) in [7, 11) is 1.80. The molecule has 0 aliphatic carbocycles. The molecule has 1 atom stereocenters. The van der Waals surface area contributed by atoms with Gasteiger partial charge in [0.15, 0.2) is 0 Å². The number of hydrogen-bond donors (Lipinski definition) is 1. The number of carbonyl (C=O) groups is 2. The van der Waals surface area contributed by atoms with E-state index in [0.717, 1.165) is 17.7 Å². The number of rotatable bonds is 2. The average Bonchev–Trinajstić information content (AvgIpc) is 2.49. The zero-order valence-electron chi connectivity index (χ0n) is 11.9. The lowest BCUT2D eigenvalue weighted by Crippen LogP contribution is -2.31. The molecule has 0 fully saturated rings. The van der Waals surface area contributed by atoms with Gasteiger partial charge in [-0.15, -0.1) is 0 Å². The molecule has 0 saturated heterocycles. The van der Waals surface area contributed by atoms with Crippen LogP contribution >= 0.6 is 0 Å². The van der Waals surface area contributed by atoms with Gasteiger partial charge in [0, 0.05) is 18.8 Å². The minimum absolute atomic E-state index is 0.0938. The lowest BCUT2D eigenvalue weighted by molar-refractivity contribution is 0.0513. The van der Waals surface area contributed by atoms with Gasteiger partial charge >= 0.3 is 5.97 Å². The van der Waals surface area contributed by atoms with Crippen molar-refractivity contribution in [3.8, 4) is 0 Å². The van der Waals surface area contributed by atoms with Crippen LogP contribution in [-0.2, 0) is 18.2 Å².